The summed E-state index contributed by atoms with van der Waals surface area (Å²) in [5.41, 5.74) is 1.69. The van der Waals surface area contributed by atoms with Crippen molar-refractivity contribution >= 4 is 29.5 Å². The molecule has 3 rings (SSSR count). The first-order valence-electron chi connectivity index (χ1n) is 7.81. The first kappa shape index (κ1) is 16.1. The Labute approximate surface area is 139 Å². The van der Waals surface area contributed by atoms with Crippen molar-refractivity contribution in [2.24, 2.45) is 0 Å². The number of aryl methyl sites for hydroxylation is 1. The molecule has 1 spiro atoms. The predicted molar refractivity (Wildman–Crippen MR) is 88.8 cm³/mol. The summed E-state index contributed by atoms with van der Waals surface area (Å²) in [4.78, 5) is 38.4. The first-order chi connectivity index (χ1) is 10.9. The molecule has 3 heterocycles. The molecule has 6 nitrogen and oxygen atoms in total. The topological polar surface area (TPSA) is 71.4 Å². The second-order valence-corrected chi connectivity index (χ2v) is 7.26. The normalized spacial score (nSPS) is 23.9. The first-order valence-corrected chi connectivity index (χ1v) is 8.97. The van der Waals surface area contributed by atoms with Crippen molar-refractivity contribution in [3.05, 3.63) is 23.0 Å². The van der Waals surface area contributed by atoms with Gasteiger partial charge < -0.3 is 9.88 Å². The fourth-order valence-electron chi connectivity index (χ4n) is 3.45. The van der Waals surface area contributed by atoms with Crippen LogP contribution in [0.15, 0.2) is 6.07 Å². The minimum Gasteiger partial charge on any atom is -0.349 e. The van der Waals surface area contributed by atoms with Crippen LogP contribution in [0.25, 0.3) is 0 Å². The third-order valence-electron chi connectivity index (χ3n) is 4.76. The Morgan fingerprint density at radius 1 is 1.39 bits per heavy atom. The van der Waals surface area contributed by atoms with Crippen LogP contribution in [0.1, 0.15) is 35.1 Å². The third-order valence-corrected chi connectivity index (χ3v) is 5.95. The van der Waals surface area contributed by atoms with E-state index in [1.807, 2.05) is 31.4 Å². The van der Waals surface area contributed by atoms with Crippen LogP contribution in [-0.4, -0.2) is 50.8 Å². The van der Waals surface area contributed by atoms with Gasteiger partial charge in [-0.3, -0.25) is 14.5 Å². The van der Waals surface area contributed by atoms with E-state index in [0.29, 0.717) is 17.7 Å². The molecule has 2 aliphatic rings. The Bertz CT molecular complexity index is 689. The molecular weight excluding hydrogens is 314 g/mol. The molecule has 0 radical (unpaired) electrons. The van der Waals surface area contributed by atoms with Crippen LogP contribution in [0, 0.1) is 13.8 Å². The number of rotatable bonds is 4. The van der Waals surface area contributed by atoms with E-state index >= 15 is 0 Å². The molecular formula is C16H21N3O3S. The summed E-state index contributed by atoms with van der Waals surface area (Å²) >= 11 is 1.65. The lowest BCUT2D eigenvalue weighted by molar-refractivity contribution is -0.130. The summed E-state index contributed by atoms with van der Waals surface area (Å²) in [7, 11) is 0. The van der Waals surface area contributed by atoms with E-state index in [1.165, 1.54) is 0 Å². The molecule has 0 saturated carbocycles. The molecule has 3 amide bonds. The number of imide groups is 1. The van der Waals surface area contributed by atoms with Gasteiger partial charge in [-0.25, -0.2) is 4.79 Å². The van der Waals surface area contributed by atoms with Gasteiger partial charge in [-0.1, -0.05) is 0 Å². The number of hydrogen-bond donors (Lipinski definition) is 1. The number of carbonyl (C=O) groups excluding carboxylic acids is 3. The number of hydrogen-bond acceptors (Lipinski definition) is 4. The zero-order valence-corrected chi connectivity index (χ0v) is 14.5. The SMILES string of the molecule is CCn1c(C)cc(C(=O)CN2C(=O)N[C@]3(CCSC3)C2=O)c1C. The second kappa shape index (κ2) is 5.70. The molecule has 0 unspecified atom stereocenters. The highest BCUT2D eigenvalue weighted by Gasteiger charge is 2.53. The number of ketones is 1. The van der Waals surface area contributed by atoms with Gasteiger partial charge in [0, 0.05) is 29.2 Å². The van der Waals surface area contributed by atoms with Gasteiger partial charge in [0.05, 0.1) is 6.54 Å². The maximum Gasteiger partial charge on any atom is 0.325 e. The summed E-state index contributed by atoms with van der Waals surface area (Å²) in [5.74, 6) is 0.993. The van der Waals surface area contributed by atoms with Crippen LogP contribution in [0.4, 0.5) is 4.79 Å². The van der Waals surface area contributed by atoms with Gasteiger partial charge in [0.25, 0.3) is 5.91 Å². The molecule has 1 N–H and O–H groups in total. The fourth-order valence-corrected chi connectivity index (χ4v) is 4.78. The van der Waals surface area contributed by atoms with E-state index in [1.54, 1.807) is 11.8 Å². The van der Waals surface area contributed by atoms with Crippen LogP contribution >= 0.6 is 11.8 Å². The number of thioether (sulfide) groups is 1. The van der Waals surface area contributed by atoms with Gasteiger partial charge in [-0.15, -0.1) is 0 Å². The fraction of sp³-hybridized carbons (Fsp3) is 0.562. The van der Waals surface area contributed by atoms with Crippen molar-refractivity contribution in [3.8, 4) is 0 Å². The van der Waals surface area contributed by atoms with Gasteiger partial charge in [0.15, 0.2) is 5.78 Å². The lowest BCUT2D eigenvalue weighted by Gasteiger charge is -2.18. The third kappa shape index (κ3) is 2.47. The quantitative estimate of drug-likeness (QED) is 0.672. The molecule has 2 aliphatic heterocycles. The average Bonchev–Trinajstić information content (AvgIpc) is 3.14. The van der Waals surface area contributed by atoms with Crippen LogP contribution in [0.5, 0.6) is 0 Å². The standard InChI is InChI=1S/C16H21N3O3S/c1-4-18-10(2)7-12(11(18)3)13(20)8-19-14(21)16(17-15(19)22)5-6-23-9-16/h7H,4-6,8-9H2,1-3H3,(H,17,22)/t16-/m0/s1. The minimum absolute atomic E-state index is 0.189. The Hall–Kier alpha value is -1.76. The molecule has 2 fully saturated rings. The number of nitrogens with one attached hydrogen (secondary N) is 1. The van der Waals surface area contributed by atoms with E-state index in [-0.39, 0.29) is 18.2 Å². The molecule has 0 bridgehead atoms. The maximum atomic E-state index is 12.6. The summed E-state index contributed by atoms with van der Waals surface area (Å²) in [6.45, 7) is 6.46. The van der Waals surface area contributed by atoms with E-state index in [4.69, 9.17) is 0 Å². The number of aromatic nitrogens is 1. The zero-order chi connectivity index (χ0) is 16.8. The molecule has 23 heavy (non-hydrogen) atoms. The number of carbonyl (C=O) groups is 3. The maximum absolute atomic E-state index is 12.6. The largest absolute Gasteiger partial charge is 0.349 e. The Kier molecular flexibility index (Phi) is 4.00. The second-order valence-electron chi connectivity index (χ2n) is 6.16. The highest BCUT2D eigenvalue weighted by Crippen LogP contribution is 2.33. The van der Waals surface area contributed by atoms with Crippen LogP contribution in [0.3, 0.4) is 0 Å². The number of nitrogens with zero attached hydrogens (tertiary/aromatic N) is 2. The molecule has 1 atom stereocenters. The Morgan fingerprint density at radius 3 is 2.70 bits per heavy atom. The monoisotopic (exact) mass is 335 g/mol. The van der Waals surface area contributed by atoms with Crippen molar-refractivity contribution < 1.29 is 14.4 Å². The van der Waals surface area contributed by atoms with E-state index < -0.39 is 11.6 Å². The number of Topliss-reactive ketones (excluding diaryl/α,β-unsaturated/α-hetero) is 1. The van der Waals surface area contributed by atoms with Crippen molar-refractivity contribution in [2.45, 2.75) is 39.3 Å². The summed E-state index contributed by atoms with van der Waals surface area (Å²) in [6, 6.07) is 1.39. The van der Waals surface area contributed by atoms with Crippen LogP contribution in [0.2, 0.25) is 0 Å². The van der Waals surface area contributed by atoms with Gasteiger partial charge in [-0.05, 0) is 39.0 Å². The minimum atomic E-state index is -0.789. The summed E-state index contributed by atoms with van der Waals surface area (Å²) < 4.78 is 2.05. The molecule has 0 aromatic carbocycles. The van der Waals surface area contributed by atoms with Crippen molar-refractivity contribution in [1.29, 1.82) is 0 Å². The van der Waals surface area contributed by atoms with Crippen molar-refractivity contribution in [3.63, 3.8) is 0 Å². The number of amides is 3. The highest BCUT2D eigenvalue weighted by molar-refractivity contribution is 7.99. The summed E-state index contributed by atoms with van der Waals surface area (Å²) in [6.07, 6.45) is 0.636. The lowest BCUT2D eigenvalue weighted by atomic mass is 9.99. The predicted octanol–water partition coefficient (Wildman–Crippen LogP) is 1.74. The molecule has 0 aliphatic carbocycles. The average molecular weight is 335 g/mol. The van der Waals surface area contributed by atoms with Gasteiger partial charge in [0.2, 0.25) is 0 Å². The Morgan fingerprint density at radius 2 is 2.13 bits per heavy atom. The van der Waals surface area contributed by atoms with E-state index in [0.717, 1.165) is 28.6 Å². The van der Waals surface area contributed by atoms with E-state index in [9.17, 15) is 14.4 Å². The lowest BCUT2D eigenvalue weighted by Crippen LogP contribution is -2.47. The Balaban J connectivity index is 1.81. The molecule has 7 heteroatoms. The van der Waals surface area contributed by atoms with Gasteiger partial charge in [0.1, 0.15) is 5.54 Å². The smallest absolute Gasteiger partial charge is 0.325 e. The number of urea groups is 1. The van der Waals surface area contributed by atoms with Crippen molar-refractivity contribution in [2.75, 3.05) is 18.1 Å². The molecule has 1 aromatic heterocycles. The van der Waals surface area contributed by atoms with Crippen LogP contribution < -0.4 is 5.32 Å². The molecule has 2 saturated heterocycles. The van der Waals surface area contributed by atoms with Gasteiger partial charge in [-0.2, -0.15) is 11.8 Å². The molecule has 1 aromatic rings. The van der Waals surface area contributed by atoms with Crippen molar-refractivity contribution in [1.82, 2.24) is 14.8 Å². The van der Waals surface area contributed by atoms with Crippen LogP contribution in [-0.2, 0) is 11.3 Å². The molecule has 124 valence electrons. The highest BCUT2D eigenvalue weighted by atomic mass is 32.2. The zero-order valence-electron chi connectivity index (χ0n) is 13.6. The van der Waals surface area contributed by atoms with Gasteiger partial charge >= 0.3 is 6.03 Å². The van der Waals surface area contributed by atoms with E-state index in [2.05, 4.69) is 5.32 Å². The summed E-state index contributed by atoms with van der Waals surface area (Å²) in [5, 5.41) is 2.79.